The zero-order chi connectivity index (χ0) is 14.4. The van der Waals surface area contributed by atoms with Crippen molar-refractivity contribution in [2.45, 2.75) is 40.0 Å². The first-order chi connectivity index (χ1) is 9.67. The van der Waals surface area contributed by atoms with Gasteiger partial charge in [0.25, 0.3) is 0 Å². The first kappa shape index (κ1) is 15.5. The molecule has 1 saturated heterocycles. The van der Waals surface area contributed by atoms with Crippen LogP contribution >= 0.6 is 0 Å². The van der Waals surface area contributed by atoms with Gasteiger partial charge >= 0.3 is 0 Å². The molecule has 0 bridgehead atoms. The molecule has 0 unspecified atom stereocenters. The van der Waals surface area contributed by atoms with E-state index in [1.807, 2.05) is 0 Å². The predicted molar refractivity (Wildman–Crippen MR) is 83.8 cm³/mol. The quantitative estimate of drug-likeness (QED) is 0.794. The predicted octanol–water partition coefficient (Wildman–Crippen LogP) is 2.75. The third kappa shape index (κ3) is 4.89. The molecule has 3 heteroatoms. The van der Waals surface area contributed by atoms with Crippen molar-refractivity contribution in [3.8, 4) is 0 Å². The largest absolute Gasteiger partial charge is 0.374 e. The first-order valence-corrected chi connectivity index (χ1v) is 7.81. The molecular weight excluding hydrogens is 248 g/mol. The van der Waals surface area contributed by atoms with Gasteiger partial charge < -0.3 is 9.64 Å². The highest BCUT2D eigenvalue weighted by atomic mass is 16.5. The Morgan fingerprint density at radius 2 is 1.50 bits per heavy atom. The van der Waals surface area contributed by atoms with Crippen LogP contribution in [0.3, 0.4) is 0 Å². The lowest BCUT2D eigenvalue weighted by Crippen LogP contribution is -2.45. The van der Waals surface area contributed by atoms with Gasteiger partial charge in [-0.2, -0.15) is 0 Å². The first-order valence-electron chi connectivity index (χ1n) is 7.81. The second kappa shape index (κ2) is 7.77. The van der Waals surface area contributed by atoms with E-state index in [4.69, 9.17) is 4.74 Å². The van der Waals surface area contributed by atoms with Gasteiger partial charge in [0, 0.05) is 32.7 Å². The fourth-order valence-electron chi connectivity index (χ4n) is 2.53. The number of hydrogen-bond acceptors (Lipinski definition) is 3. The minimum Gasteiger partial charge on any atom is -0.374 e. The van der Waals surface area contributed by atoms with Crippen molar-refractivity contribution in [2.75, 3.05) is 32.7 Å². The van der Waals surface area contributed by atoms with Crippen LogP contribution in [-0.2, 0) is 17.9 Å². The Bertz CT molecular complexity index is 380. The highest BCUT2D eigenvalue weighted by molar-refractivity contribution is 5.22. The molecular formula is C17H28N2O. The van der Waals surface area contributed by atoms with Gasteiger partial charge in [-0.3, -0.25) is 4.90 Å². The Labute approximate surface area is 123 Å². The maximum atomic E-state index is 5.63. The highest BCUT2D eigenvalue weighted by Gasteiger charge is 2.15. The second-order valence-electron chi connectivity index (χ2n) is 5.89. The molecule has 0 aliphatic carbocycles. The smallest absolute Gasteiger partial charge is 0.0720 e. The summed E-state index contributed by atoms with van der Waals surface area (Å²) in [5.74, 6) is 0. The van der Waals surface area contributed by atoms with E-state index in [2.05, 4.69) is 54.8 Å². The van der Waals surface area contributed by atoms with Gasteiger partial charge in [-0.15, -0.1) is 0 Å². The summed E-state index contributed by atoms with van der Waals surface area (Å²) in [5.41, 5.74) is 2.67. The molecule has 1 fully saturated rings. The van der Waals surface area contributed by atoms with Crippen LogP contribution in [0.4, 0.5) is 0 Å². The van der Waals surface area contributed by atoms with Crippen molar-refractivity contribution in [1.29, 1.82) is 0 Å². The molecule has 1 aromatic carbocycles. The maximum Gasteiger partial charge on any atom is 0.0720 e. The molecule has 0 N–H and O–H groups in total. The van der Waals surface area contributed by atoms with Crippen molar-refractivity contribution in [3.05, 3.63) is 35.4 Å². The number of piperazine rings is 1. The summed E-state index contributed by atoms with van der Waals surface area (Å²) in [4.78, 5) is 5.06. The van der Waals surface area contributed by atoms with Crippen LogP contribution in [0.2, 0.25) is 0 Å². The van der Waals surface area contributed by atoms with Gasteiger partial charge in [0.2, 0.25) is 0 Å². The van der Waals surface area contributed by atoms with Crippen molar-refractivity contribution in [1.82, 2.24) is 9.80 Å². The van der Waals surface area contributed by atoms with Crippen molar-refractivity contribution >= 4 is 0 Å². The number of ether oxygens (including phenoxy) is 1. The molecule has 2 rings (SSSR count). The van der Waals surface area contributed by atoms with Crippen molar-refractivity contribution < 1.29 is 4.74 Å². The van der Waals surface area contributed by atoms with E-state index < -0.39 is 0 Å². The summed E-state index contributed by atoms with van der Waals surface area (Å²) in [7, 11) is 0. The molecule has 1 aromatic rings. The Kier molecular flexibility index (Phi) is 6.02. The molecule has 1 heterocycles. The van der Waals surface area contributed by atoms with E-state index in [-0.39, 0.29) is 0 Å². The minimum atomic E-state index is 0.296. The minimum absolute atomic E-state index is 0.296. The fourth-order valence-corrected chi connectivity index (χ4v) is 2.53. The zero-order valence-electron chi connectivity index (χ0n) is 13.1. The summed E-state index contributed by atoms with van der Waals surface area (Å²) in [6.07, 6.45) is 0.296. The van der Waals surface area contributed by atoms with Crippen LogP contribution < -0.4 is 0 Å². The monoisotopic (exact) mass is 276 g/mol. The molecule has 0 amide bonds. The van der Waals surface area contributed by atoms with Crippen molar-refractivity contribution in [3.63, 3.8) is 0 Å². The Balaban J connectivity index is 1.79. The van der Waals surface area contributed by atoms with Gasteiger partial charge in [0.1, 0.15) is 0 Å². The molecule has 20 heavy (non-hydrogen) atoms. The third-order valence-corrected chi connectivity index (χ3v) is 3.92. The summed E-state index contributed by atoms with van der Waals surface area (Å²) >= 11 is 0. The highest BCUT2D eigenvalue weighted by Crippen LogP contribution is 2.11. The Morgan fingerprint density at radius 1 is 0.950 bits per heavy atom. The molecule has 0 radical (unpaired) electrons. The van der Waals surface area contributed by atoms with Crippen LogP contribution in [0, 0.1) is 0 Å². The van der Waals surface area contributed by atoms with Crippen molar-refractivity contribution in [2.24, 2.45) is 0 Å². The van der Waals surface area contributed by atoms with Crippen LogP contribution in [0.5, 0.6) is 0 Å². The maximum absolute atomic E-state index is 5.63. The average molecular weight is 276 g/mol. The molecule has 0 saturated carbocycles. The molecule has 112 valence electrons. The van der Waals surface area contributed by atoms with Gasteiger partial charge in [-0.25, -0.2) is 0 Å². The van der Waals surface area contributed by atoms with E-state index in [1.54, 1.807) is 0 Å². The van der Waals surface area contributed by atoms with Gasteiger partial charge in [-0.05, 0) is 31.5 Å². The summed E-state index contributed by atoms with van der Waals surface area (Å²) in [6.45, 7) is 14.1. The fraction of sp³-hybridized carbons (Fsp3) is 0.647. The molecule has 3 nitrogen and oxygen atoms in total. The molecule has 0 atom stereocenters. The Hall–Kier alpha value is -0.900. The summed E-state index contributed by atoms with van der Waals surface area (Å²) in [5, 5.41) is 0. The van der Waals surface area contributed by atoms with Crippen LogP contribution in [0.15, 0.2) is 24.3 Å². The molecule has 1 aliphatic rings. The summed E-state index contributed by atoms with van der Waals surface area (Å²) < 4.78 is 5.63. The van der Waals surface area contributed by atoms with Crippen LogP contribution in [0.25, 0.3) is 0 Å². The lowest BCUT2D eigenvalue weighted by molar-refractivity contribution is 0.0657. The van der Waals surface area contributed by atoms with E-state index in [1.165, 1.54) is 43.9 Å². The second-order valence-corrected chi connectivity index (χ2v) is 5.89. The third-order valence-electron chi connectivity index (χ3n) is 3.92. The number of nitrogens with zero attached hydrogens (tertiary/aromatic N) is 2. The van der Waals surface area contributed by atoms with Gasteiger partial charge in [0.15, 0.2) is 0 Å². The summed E-state index contributed by atoms with van der Waals surface area (Å²) in [6, 6.07) is 8.87. The number of benzene rings is 1. The standard InChI is InChI=1S/C17H28N2O/c1-4-18-9-11-19(12-10-18)13-16-5-7-17(8-6-16)14-20-15(2)3/h5-8,15H,4,9-14H2,1-3H3. The number of rotatable bonds is 6. The zero-order valence-corrected chi connectivity index (χ0v) is 13.1. The lowest BCUT2D eigenvalue weighted by atomic mass is 10.1. The van der Waals surface area contributed by atoms with E-state index >= 15 is 0 Å². The topological polar surface area (TPSA) is 15.7 Å². The number of likely N-dealkylation sites (N-methyl/N-ethyl adjacent to an activating group) is 1. The van der Waals surface area contributed by atoms with Gasteiger partial charge in [0.05, 0.1) is 12.7 Å². The van der Waals surface area contributed by atoms with E-state index in [0.717, 1.165) is 6.54 Å². The molecule has 0 spiro atoms. The van der Waals surface area contributed by atoms with E-state index in [9.17, 15) is 0 Å². The Morgan fingerprint density at radius 3 is 2.05 bits per heavy atom. The van der Waals surface area contributed by atoms with E-state index in [0.29, 0.717) is 12.7 Å². The lowest BCUT2D eigenvalue weighted by Gasteiger charge is -2.34. The van der Waals surface area contributed by atoms with Crippen LogP contribution in [-0.4, -0.2) is 48.6 Å². The molecule has 0 aromatic heterocycles. The average Bonchev–Trinajstić information content (AvgIpc) is 2.47. The molecule has 1 aliphatic heterocycles. The number of hydrogen-bond donors (Lipinski definition) is 0. The normalized spacial score (nSPS) is 17.8. The van der Waals surface area contributed by atoms with Crippen LogP contribution in [0.1, 0.15) is 31.9 Å². The van der Waals surface area contributed by atoms with Gasteiger partial charge in [-0.1, -0.05) is 31.2 Å². The SMILES string of the molecule is CCN1CCN(Cc2ccc(COC(C)C)cc2)CC1.